The van der Waals surface area contributed by atoms with Gasteiger partial charge in [-0.2, -0.15) is 0 Å². The maximum atomic E-state index is 13.4. The molecule has 2 heterocycles. The fourth-order valence-electron chi connectivity index (χ4n) is 2.87. The van der Waals surface area contributed by atoms with E-state index in [9.17, 15) is 8.42 Å². The van der Waals surface area contributed by atoms with E-state index in [1.165, 1.54) is 3.97 Å². The zero-order valence-corrected chi connectivity index (χ0v) is 13.5. The van der Waals surface area contributed by atoms with Crippen molar-refractivity contribution < 1.29 is 8.42 Å². The second-order valence-electron chi connectivity index (χ2n) is 5.76. The van der Waals surface area contributed by atoms with Crippen LogP contribution in [0.3, 0.4) is 0 Å². The lowest BCUT2D eigenvalue weighted by atomic mass is 9.94. The zero-order chi connectivity index (χ0) is 16.0. The van der Waals surface area contributed by atoms with E-state index in [2.05, 4.69) is 4.98 Å². The van der Waals surface area contributed by atoms with Crippen molar-refractivity contribution in [2.45, 2.75) is 31.6 Å². The first kappa shape index (κ1) is 15.0. The number of rotatable bonds is 3. The molecule has 0 aliphatic heterocycles. The van der Waals surface area contributed by atoms with Gasteiger partial charge >= 0.3 is 0 Å². The molecule has 1 atom stereocenters. The highest BCUT2D eigenvalue weighted by atomic mass is 32.2. The molecule has 0 bridgehead atoms. The molecule has 2 N–H and O–H groups in total. The Labute approximate surface area is 130 Å². The van der Waals surface area contributed by atoms with Gasteiger partial charge in [-0.3, -0.25) is 4.98 Å². The smallest absolute Gasteiger partial charge is 0.248 e. The maximum absolute atomic E-state index is 13.4. The van der Waals surface area contributed by atoms with Crippen LogP contribution in [-0.4, -0.2) is 22.1 Å². The van der Waals surface area contributed by atoms with Gasteiger partial charge in [0, 0.05) is 30.0 Å². The lowest BCUT2D eigenvalue weighted by Gasteiger charge is -2.32. The Kier molecular flexibility index (Phi) is 3.45. The van der Waals surface area contributed by atoms with Crippen molar-refractivity contribution >= 4 is 20.9 Å². The third-order valence-electron chi connectivity index (χ3n) is 4.47. The molecule has 0 aromatic carbocycles. The van der Waals surface area contributed by atoms with Crippen LogP contribution in [-0.2, 0) is 16.6 Å². The van der Waals surface area contributed by atoms with E-state index >= 15 is 0 Å². The molecule has 3 rings (SSSR count). The normalized spacial score (nSPS) is 22.0. The molecule has 0 amide bonds. The summed E-state index contributed by atoms with van der Waals surface area (Å²) in [6.07, 6.45) is 9.35. The topological polar surface area (TPSA) is 78.0 Å². The highest BCUT2D eigenvalue weighted by Gasteiger charge is 2.43. The summed E-state index contributed by atoms with van der Waals surface area (Å²) >= 11 is 0. The van der Waals surface area contributed by atoms with Crippen LogP contribution in [0.5, 0.6) is 0 Å². The van der Waals surface area contributed by atoms with E-state index in [1.54, 1.807) is 31.5 Å². The van der Waals surface area contributed by atoms with Crippen LogP contribution in [0.4, 0.5) is 0 Å². The lowest BCUT2D eigenvalue weighted by molar-refractivity contribution is 0.544. The van der Waals surface area contributed by atoms with Gasteiger partial charge in [-0.15, -0.1) is 0 Å². The zero-order valence-electron chi connectivity index (χ0n) is 12.7. The summed E-state index contributed by atoms with van der Waals surface area (Å²) in [6, 6.07) is 3.51. The van der Waals surface area contributed by atoms with Crippen molar-refractivity contribution in [3.8, 4) is 0 Å². The first-order chi connectivity index (χ1) is 10.4. The van der Waals surface area contributed by atoms with Gasteiger partial charge in [-0.25, -0.2) is 12.4 Å². The Bertz CT molecular complexity index is 893. The van der Waals surface area contributed by atoms with Crippen molar-refractivity contribution in [3.63, 3.8) is 0 Å². The van der Waals surface area contributed by atoms with Crippen LogP contribution in [0.1, 0.15) is 26.0 Å². The summed E-state index contributed by atoms with van der Waals surface area (Å²) in [5.41, 5.74) is 7.81. The lowest BCUT2D eigenvalue weighted by Crippen LogP contribution is -2.41. The Morgan fingerprint density at radius 1 is 1.45 bits per heavy atom. The second kappa shape index (κ2) is 5.07. The number of allylic oxidation sites excluding steroid dienone is 3. The number of hydrogen-bond donors (Lipinski definition) is 1. The third kappa shape index (κ3) is 1.94. The van der Waals surface area contributed by atoms with Gasteiger partial charge in [-0.1, -0.05) is 23.8 Å². The summed E-state index contributed by atoms with van der Waals surface area (Å²) in [5.74, 6) is 0. The minimum atomic E-state index is -3.65. The number of fused-ring (bicyclic) bond motifs is 1. The van der Waals surface area contributed by atoms with Crippen molar-refractivity contribution in [3.05, 3.63) is 54.0 Å². The standard InChI is InChI=1S/C16H19N3O2S/c1-12-5-3-4-7-16(12,2)22(20,21)19-14(10-17)9-13-11-18-8-6-15(13)19/h3-6,8-9,11H,7,10,17H2,1-2H3. The molecular formula is C16H19N3O2S. The first-order valence-electron chi connectivity index (χ1n) is 7.15. The Morgan fingerprint density at radius 3 is 2.91 bits per heavy atom. The van der Waals surface area contributed by atoms with Crippen molar-refractivity contribution in [2.75, 3.05) is 0 Å². The highest BCUT2D eigenvalue weighted by Crippen LogP contribution is 2.37. The number of pyridine rings is 1. The average Bonchev–Trinajstić information content (AvgIpc) is 2.89. The fourth-order valence-corrected chi connectivity index (χ4v) is 4.91. The third-order valence-corrected chi connectivity index (χ3v) is 7.01. The van der Waals surface area contributed by atoms with Crippen molar-refractivity contribution in [1.82, 2.24) is 8.96 Å². The van der Waals surface area contributed by atoms with Crippen LogP contribution in [0.25, 0.3) is 10.9 Å². The van der Waals surface area contributed by atoms with E-state index in [0.29, 0.717) is 17.6 Å². The van der Waals surface area contributed by atoms with Gasteiger partial charge in [0.15, 0.2) is 0 Å². The molecule has 22 heavy (non-hydrogen) atoms. The molecule has 1 aliphatic carbocycles. The number of aromatic nitrogens is 2. The molecule has 2 aromatic heterocycles. The van der Waals surface area contributed by atoms with Gasteiger partial charge in [0.1, 0.15) is 4.75 Å². The highest BCUT2D eigenvalue weighted by molar-refractivity contribution is 7.91. The minimum absolute atomic E-state index is 0.155. The van der Waals surface area contributed by atoms with Gasteiger partial charge in [0.2, 0.25) is 10.0 Å². The van der Waals surface area contributed by atoms with Gasteiger partial charge in [0.25, 0.3) is 0 Å². The molecule has 6 heteroatoms. The van der Waals surface area contributed by atoms with Gasteiger partial charge in [-0.05, 0) is 32.4 Å². The van der Waals surface area contributed by atoms with E-state index in [4.69, 9.17) is 5.73 Å². The molecular weight excluding hydrogens is 298 g/mol. The molecule has 1 aliphatic rings. The van der Waals surface area contributed by atoms with Crippen LogP contribution in [0.2, 0.25) is 0 Å². The van der Waals surface area contributed by atoms with Crippen LogP contribution >= 0.6 is 0 Å². The Morgan fingerprint density at radius 2 is 2.23 bits per heavy atom. The van der Waals surface area contributed by atoms with E-state index in [1.807, 2.05) is 25.2 Å². The molecule has 0 radical (unpaired) electrons. The summed E-state index contributed by atoms with van der Waals surface area (Å²) in [7, 11) is -3.65. The first-order valence-corrected chi connectivity index (χ1v) is 8.59. The van der Waals surface area contributed by atoms with Crippen LogP contribution in [0, 0.1) is 0 Å². The fraction of sp³-hybridized carbons (Fsp3) is 0.312. The van der Waals surface area contributed by atoms with E-state index in [0.717, 1.165) is 11.0 Å². The molecule has 116 valence electrons. The second-order valence-corrected chi connectivity index (χ2v) is 7.97. The van der Waals surface area contributed by atoms with Crippen molar-refractivity contribution in [2.24, 2.45) is 5.73 Å². The molecule has 5 nitrogen and oxygen atoms in total. The quantitative estimate of drug-likeness (QED) is 0.942. The predicted octanol–water partition coefficient (Wildman–Crippen LogP) is 2.34. The molecule has 0 saturated carbocycles. The van der Waals surface area contributed by atoms with Crippen LogP contribution < -0.4 is 5.73 Å². The summed E-state index contributed by atoms with van der Waals surface area (Å²) in [5, 5.41) is 0.781. The molecule has 0 fully saturated rings. The van der Waals surface area contributed by atoms with E-state index < -0.39 is 14.8 Å². The van der Waals surface area contributed by atoms with Gasteiger partial charge in [0.05, 0.1) is 5.52 Å². The largest absolute Gasteiger partial charge is 0.325 e. The Hall–Kier alpha value is -1.92. The summed E-state index contributed by atoms with van der Waals surface area (Å²) in [4.78, 5) is 4.06. The molecule has 2 aromatic rings. The predicted molar refractivity (Wildman–Crippen MR) is 87.9 cm³/mol. The summed E-state index contributed by atoms with van der Waals surface area (Å²) in [6.45, 7) is 3.78. The molecule has 1 unspecified atom stereocenters. The summed E-state index contributed by atoms with van der Waals surface area (Å²) < 4.78 is 27.2. The minimum Gasteiger partial charge on any atom is -0.325 e. The number of nitrogens with zero attached hydrogens (tertiary/aromatic N) is 2. The van der Waals surface area contributed by atoms with Crippen LogP contribution in [0.15, 0.2) is 48.3 Å². The maximum Gasteiger partial charge on any atom is 0.248 e. The monoisotopic (exact) mass is 317 g/mol. The van der Waals surface area contributed by atoms with Gasteiger partial charge < -0.3 is 5.73 Å². The molecule has 0 saturated heterocycles. The average molecular weight is 317 g/mol. The SMILES string of the molecule is CC1=CC=CCC1(C)S(=O)(=O)n1c(CN)cc2cnccc21. The number of nitrogens with two attached hydrogens (primary N) is 1. The van der Waals surface area contributed by atoms with Crippen molar-refractivity contribution in [1.29, 1.82) is 0 Å². The Balaban J connectivity index is 2.31. The number of hydrogen-bond acceptors (Lipinski definition) is 4. The molecule has 0 spiro atoms. The van der Waals surface area contributed by atoms with E-state index in [-0.39, 0.29) is 6.54 Å².